The van der Waals surface area contributed by atoms with Gasteiger partial charge >= 0.3 is 0 Å². The molecule has 0 aliphatic carbocycles. The van der Waals surface area contributed by atoms with E-state index in [1.807, 2.05) is 103 Å². The standard InChI is InChI=1S/C25H23N5OS/c1-18-13-15-20(16-14-18)19(2)26-27-23(31)17-32-25-29-28-24(21-9-5-3-6-10-21)30(25)22-11-7-4-8-12-22/h3-16H,17H2,1-2H3,(H,27,31)/b26-19+. The number of hydrazone groups is 1. The van der Waals surface area contributed by atoms with Crippen molar-refractivity contribution in [3.63, 3.8) is 0 Å². The number of aryl methyl sites for hydroxylation is 1. The van der Waals surface area contributed by atoms with Crippen LogP contribution in [0.4, 0.5) is 0 Å². The zero-order chi connectivity index (χ0) is 22.3. The Hall–Kier alpha value is -3.71. The molecule has 1 heterocycles. The van der Waals surface area contributed by atoms with Gasteiger partial charge in [-0.05, 0) is 31.5 Å². The number of hydrogen-bond acceptors (Lipinski definition) is 5. The largest absolute Gasteiger partial charge is 0.272 e. The second-order valence-electron chi connectivity index (χ2n) is 7.23. The van der Waals surface area contributed by atoms with Crippen LogP contribution in [0.3, 0.4) is 0 Å². The molecule has 0 aliphatic rings. The highest BCUT2D eigenvalue weighted by Gasteiger charge is 2.17. The first-order valence-electron chi connectivity index (χ1n) is 10.2. The van der Waals surface area contributed by atoms with Crippen LogP contribution < -0.4 is 5.43 Å². The molecular formula is C25H23N5OS. The highest BCUT2D eigenvalue weighted by molar-refractivity contribution is 7.99. The van der Waals surface area contributed by atoms with Gasteiger partial charge in [-0.25, -0.2) is 5.43 Å². The minimum atomic E-state index is -0.203. The van der Waals surface area contributed by atoms with Gasteiger partial charge in [0, 0.05) is 11.3 Å². The Morgan fingerprint density at radius 3 is 2.28 bits per heavy atom. The lowest BCUT2D eigenvalue weighted by atomic mass is 10.1. The number of benzene rings is 3. The smallest absolute Gasteiger partial charge is 0.250 e. The first-order valence-corrected chi connectivity index (χ1v) is 11.2. The number of hydrogen-bond donors (Lipinski definition) is 1. The molecule has 0 aliphatic heterocycles. The van der Waals surface area contributed by atoms with Crippen molar-refractivity contribution in [1.82, 2.24) is 20.2 Å². The van der Waals surface area contributed by atoms with E-state index in [2.05, 4.69) is 20.7 Å². The van der Waals surface area contributed by atoms with Crippen LogP contribution in [0, 0.1) is 6.92 Å². The van der Waals surface area contributed by atoms with Gasteiger partial charge in [-0.1, -0.05) is 90.1 Å². The summed E-state index contributed by atoms with van der Waals surface area (Å²) in [6.07, 6.45) is 0. The predicted molar refractivity (Wildman–Crippen MR) is 129 cm³/mol. The third-order valence-corrected chi connectivity index (χ3v) is 5.76. The van der Waals surface area contributed by atoms with Crippen molar-refractivity contribution in [2.75, 3.05) is 5.75 Å². The molecule has 1 N–H and O–H groups in total. The maximum atomic E-state index is 12.4. The van der Waals surface area contributed by atoms with Gasteiger partial charge in [-0.15, -0.1) is 10.2 Å². The number of carbonyl (C=O) groups is 1. The van der Waals surface area contributed by atoms with Crippen molar-refractivity contribution >= 4 is 23.4 Å². The molecule has 0 spiro atoms. The fourth-order valence-corrected chi connectivity index (χ4v) is 3.86. The average molecular weight is 442 g/mol. The summed E-state index contributed by atoms with van der Waals surface area (Å²) in [6.45, 7) is 3.91. The van der Waals surface area contributed by atoms with Crippen molar-refractivity contribution < 1.29 is 4.79 Å². The first-order chi connectivity index (χ1) is 15.6. The summed E-state index contributed by atoms with van der Waals surface area (Å²) in [5.41, 5.74) is 7.43. The number of thioether (sulfide) groups is 1. The Labute approximate surface area is 191 Å². The number of para-hydroxylation sites is 1. The van der Waals surface area contributed by atoms with E-state index in [4.69, 9.17) is 0 Å². The lowest BCUT2D eigenvalue weighted by Gasteiger charge is -2.10. The molecule has 0 atom stereocenters. The Morgan fingerprint density at radius 2 is 1.59 bits per heavy atom. The van der Waals surface area contributed by atoms with Gasteiger partial charge in [0.25, 0.3) is 5.91 Å². The van der Waals surface area contributed by atoms with E-state index in [1.165, 1.54) is 17.3 Å². The Bertz CT molecular complexity index is 1220. The van der Waals surface area contributed by atoms with Crippen molar-refractivity contribution in [3.8, 4) is 17.1 Å². The molecule has 3 aromatic carbocycles. The molecular weight excluding hydrogens is 418 g/mol. The fourth-order valence-electron chi connectivity index (χ4n) is 3.12. The van der Waals surface area contributed by atoms with Crippen molar-refractivity contribution in [3.05, 3.63) is 96.1 Å². The summed E-state index contributed by atoms with van der Waals surface area (Å²) in [6, 6.07) is 27.8. The Balaban J connectivity index is 1.49. The number of amides is 1. The van der Waals surface area contributed by atoms with Crippen molar-refractivity contribution in [1.29, 1.82) is 0 Å². The van der Waals surface area contributed by atoms with Gasteiger partial charge < -0.3 is 0 Å². The van der Waals surface area contributed by atoms with Crippen LogP contribution in [0.25, 0.3) is 17.1 Å². The third-order valence-electron chi connectivity index (χ3n) is 4.83. The van der Waals surface area contributed by atoms with E-state index in [0.717, 1.165) is 28.4 Å². The molecule has 0 saturated carbocycles. The average Bonchev–Trinajstić information content (AvgIpc) is 3.27. The number of nitrogens with zero attached hydrogens (tertiary/aromatic N) is 4. The molecule has 32 heavy (non-hydrogen) atoms. The van der Waals surface area contributed by atoms with Crippen LogP contribution in [0.1, 0.15) is 18.1 Å². The highest BCUT2D eigenvalue weighted by Crippen LogP contribution is 2.27. The van der Waals surface area contributed by atoms with E-state index in [0.29, 0.717) is 5.16 Å². The van der Waals surface area contributed by atoms with Crippen LogP contribution in [-0.2, 0) is 4.79 Å². The van der Waals surface area contributed by atoms with E-state index in [-0.39, 0.29) is 11.7 Å². The topological polar surface area (TPSA) is 72.2 Å². The molecule has 0 unspecified atom stereocenters. The van der Waals surface area contributed by atoms with Crippen LogP contribution in [0.15, 0.2) is 95.2 Å². The van der Waals surface area contributed by atoms with Gasteiger partial charge in [0.15, 0.2) is 11.0 Å². The van der Waals surface area contributed by atoms with Crippen molar-refractivity contribution in [2.24, 2.45) is 5.10 Å². The quantitative estimate of drug-likeness (QED) is 0.252. The number of carbonyl (C=O) groups excluding carboxylic acids is 1. The lowest BCUT2D eigenvalue weighted by molar-refractivity contribution is -0.118. The SMILES string of the molecule is C/C(=N\NC(=O)CSc1nnc(-c2ccccc2)n1-c1ccccc1)c1ccc(C)cc1. The van der Waals surface area contributed by atoms with Crippen LogP contribution in [0.2, 0.25) is 0 Å². The third kappa shape index (κ3) is 5.12. The second-order valence-corrected chi connectivity index (χ2v) is 8.17. The van der Waals surface area contributed by atoms with Crippen LogP contribution >= 0.6 is 11.8 Å². The number of aromatic nitrogens is 3. The molecule has 0 fully saturated rings. The summed E-state index contributed by atoms with van der Waals surface area (Å²) < 4.78 is 1.97. The Morgan fingerprint density at radius 1 is 0.938 bits per heavy atom. The molecule has 1 aromatic heterocycles. The summed E-state index contributed by atoms with van der Waals surface area (Å²) >= 11 is 1.32. The molecule has 6 nitrogen and oxygen atoms in total. The summed E-state index contributed by atoms with van der Waals surface area (Å²) in [7, 11) is 0. The van der Waals surface area contributed by atoms with E-state index < -0.39 is 0 Å². The van der Waals surface area contributed by atoms with Crippen molar-refractivity contribution in [2.45, 2.75) is 19.0 Å². The minimum absolute atomic E-state index is 0.171. The zero-order valence-corrected chi connectivity index (χ0v) is 18.7. The minimum Gasteiger partial charge on any atom is -0.272 e. The maximum absolute atomic E-state index is 12.4. The summed E-state index contributed by atoms with van der Waals surface area (Å²) in [5, 5.41) is 13.6. The van der Waals surface area contributed by atoms with E-state index in [9.17, 15) is 4.79 Å². The molecule has 160 valence electrons. The first kappa shape index (κ1) is 21.5. The molecule has 0 bridgehead atoms. The highest BCUT2D eigenvalue weighted by atomic mass is 32.2. The molecule has 0 saturated heterocycles. The van der Waals surface area contributed by atoms with Gasteiger partial charge in [0.05, 0.1) is 11.5 Å². The normalized spacial score (nSPS) is 11.4. The lowest BCUT2D eigenvalue weighted by Crippen LogP contribution is -2.21. The van der Waals surface area contributed by atoms with Gasteiger partial charge in [0.2, 0.25) is 0 Å². The van der Waals surface area contributed by atoms with Gasteiger partial charge in [-0.2, -0.15) is 5.10 Å². The zero-order valence-electron chi connectivity index (χ0n) is 17.9. The molecule has 0 radical (unpaired) electrons. The monoisotopic (exact) mass is 441 g/mol. The number of rotatable bonds is 7. The molecule has 4 aromatic rings. The summed E-state index contributed by atoms with van der Waals surface area (Å²) in [5.74, 6) is 0.697. The van der Waals surface area contributed by atoms with Gasteiger partial charge in [0.1, 0.15) is 0 Å². The molecule has 7 heteroatoms. The van der Waals surface area contributed by atoms with Crippen LogP contribution in [-0.4, -0.2) is 32.1 Å². The maximum Gasteiger partial charge on any atom is 0.250 e. The summed E-state index contributed by atoms with van der Waals surface area (Å²) in [4.78, 5) is 12.4. The van der Waals surface area contributed by atoms with Gasteiger partial charge in [-0.3, -0.25) is 9.36 Å². The molecule has 1 amide bonds. The predicted octanol–water partition coefficient (Wildman–Crippen LogP) is 4.88. The van der Waals surface area contributed by atoms with Crippen LogP contribution in [0.5, 0.6) is 0 Å². The second kappa shape index (κ2) is 10.1. The van der Waals surface area contributed by atoms with E-state index >= 15 is 0 Å². The fraction of sp³-hybridized carbons (Fsp3) is 0.120. The Kier molecular flexibility index (Phi) is 6.77. The molecule has 4 rings (SSSR count). The number of nitrogens with one attached hydrogen (secondary N) is 1. The van der Waals surface area contributed by atoms with E-state index in [1.54, 1.807) is 0 Å².